The second-order valence-corrected chi connectivity index (χ2v) is 8.80. The Balaban J connectivity index is 1.46. The molecule has 3 aromatic rings. The summed E-state index contributed by atoms with van der Waals surface area (Å²) in [6.07, 6.45) is -3.45. The Morgan fingerprint density at radius 3 is 2.19 bits per heavy atom. The van der Waals surface area contributed by atoms with Crippen LogP contribution in [0.5, 0.6) is 0 Å². The van der Waals surface area contributed by atoms with Gasteiger partial charge in [0.1, 0.15) is 5.82 Å². The van der Waals surface area contributed by atoms with Crippen molar-refractivity contribution in [2.45, 2.75) is 29.8 Å². The number of para-hydroxylation sites is 1. The molecule has 2 heterocycles. The number of anilines is 2. The van der Waals surface area contributed by atoms with Crippen molar-refractivity contribution >= 4 is 23.3 Å². The normalized spacial score (nSPS) is 14.7. The summed E-state index contributed by atoms with van der Waals surface area (Å²) in [4.78, 5) is 10.9. The lowest BCUT2D eigenvalue weighted by atomic mass is 10.2. The highest BCUT2D eigenvalue weighted by molar-refractivity contribution is 7.99. The quantitative estimate of drug-likeness (QED) is 0.478. The summed E-state index contributed by atoms with van der Waals surface area (Å²) in [5, 5.41) is 0. The summed E-state index contributed by atoms with van der Waals surface area (Å²) in [6, 6.07) is 17.4. The smallest absolute Gasteiger partial charge is 0.367 e. The zero-order valence-corrected chi connectivity index (χ0v) is 18.3. The van der Waals surface area contributed by atoms with Crippen LogP contribution >= 0.6 is 11.8 Å². The van der Waals surface area contributed by atoms with Gasteiger partial charge >= 0.3 is 6.18 Å². The van der Waals surface area contributed by atoms with Crippen LogP contribution in [0.25, 0.3) is 0 Å². The van der Waals surface area contributed by atoms with Gasteiger partial charge in [-0.1, -0.05) is 41.6 Å². The highest BCUT2D eigenvalue weighted by atomic mass is 32.2. The van der Waals surface area contributed by atoms with Gasteiger partial charge in [0.05, 0.1) is 11.3 Å². The van der Waals surface area contributed by atoms with E-state index in [1.54, 1.807) is 11.8 Å². The van der Waals surface area contributed by atoms with Crippen LogP contribution in [0.3, 0.4) is 0 Å². The molecule has 0 aliphatic carbocycles. The lowest BCUT2D eigenvalue weighted by molar-refractivity contribution is -0.137. The molecule has 2 aromatic carbocycles. The highest BCUT2D eigenvalue weighted by Crippen LogP contribution is 2.37. The molecule has 1 aromatic heterocycles. The van der Waals surface area contributed by atoms with Crippen LogP contribution in [0.2, 0.25) is 0 Å². The second-order valence-electron chi connectivity index (χ2n) is 7.72. The number of aryl methyl sites for hydroxylation is 2. The molecular weight excluding hydrogens is 419 g/mol. The molecule has 0 spiro atoms. The second kappa shape index (κ2) is 8.83. The first kappa shape index (κ1) is 21.6. The van der Waals surface area contributed by atoms with Crippen LogP contribution in [0.15, 0.2) is 70.6 Å². The molecular formula is C24H24F3N3S. The Morgan fingerprint density at radius 2 is 1.55 bits per heavy atom. The summed E-state index contributed by atoms with van der Waals surface area (Å²) >= 11 is 1.77. The number of piperazine rings is 1. The van der Waals surface area contributed by atoms with E-state index in [1.807, 2.05) is 11.0 Å². The van der Waals surface area contributed by atoms with Gasteiger partial charge in [0.2, 0.25) is 0 Å². The Labute approximate surface area is 184 Å². The van der Waals surface area contributed by atoms with Crippen molar-refractivity contribution in [1.29, 1.82) is 0 Å². The standard InChI is InChI=1S/C24H24F3N3S/c1-17-7-9-21(18(2)15-17)31-22-6-4-3-5-20(22)29-11-13-30(14-12-29)23-10-8-19(16-28-23)24(25,26)27/h3-10,15-16H,11-14H2,1-2H3. The predicted octanol–water partition coefficient (Wildman–Crippen LogP) is 6.20. The fourth-order valence-corrected chi connectivity index (χ4v) is 4.80. The van der Waals surface area contributed by atoms with E-state index in [-0.39, 0.29) is 0 Å². The largest absolute Gasteiger partial charge is 0.417 e. The van der Waals surface area contributed by atoms with Crippen molar-refractivity contribution in [1.82, 2.24) is 4.98 Å². The van der Waals surface area contributed by atoms with E-state index in [0.717, 1.165) is 25.4 Å². The van der Waals surface area contributed by atoms with E-state index in [9.17, 15) is 13.2 Å². The third-order valence-corrected chi connectivity index (χ3v) is 6.68. The maximum Gasteiger partial charge on any atom is 0.417 e. The minimum absolute atomic E-state index is 0.589. The summed E-state index contributed by atoms with van der Waals surface area (Å²) in [7, 11) is 0. The molecule has 3 nitrogen and oxygen atoms in total. The Morgan fingerprint density at radius 1 is 0.839 bits per heavy atom. The Bertz CT molecular complexity index is 1040. The number of alkyl halides is 3. The number of aromatic nitrogens is 1. The van der Waals surface area contributed by atoms with Crippen LogP contribution in [-0.2, 0) is 6.18 Å². The van der Waals surface area contributed by atoms with Gasteiger partial charge in [0.25, 0.3) is 0 Å². The average Bonchev–Trinajstić information content (AvgIpc) is 2.76. The molecule has 31 heavy (non-hydrogen) atoms. The van der Waals surface area contributed by atoms with Crippen molar-refractivity contribution < 1.29 is 13.2 Å². The Hall–Kier alpha value is -2.67. The van der Waals surface area contributed by atoms with Crippen molar-refractivity contribution in [2.24, 2.45) is 0 Å². The van der Waals surface area contributed by atoms with Crippen LogP contribution in [0, 0.1) is 13.8 Å². The third-order valence-electron chi connectivity index (χ3n) is 5.44. The van der Waals surface area contributed by atoms with Gasteiger partial charge in [-0.2, -0.15) is 13.2 Å². The fourth-order valence-electron chi connectivity index (χ4n) is 3.75. The van der Waals surface area contributed by atoms with E-state index in [0.29, 0.717) is 18.9 Å². The van der Waals surface area contributed by atoms with Gasteiger partial charge < -0.3 is 9.80 Å². The third kappa shape index (κ3) is 4.98. The maximum absolute atomic E-state index is 12.8. The molecule has 0 N–H and O–H groups in total. The van der Waals surface area contributed by atoms with E-state index in [1.165, 1.54) is 32.7 Å². The molecule has 0 radical (unpaired) electrons. The van der Waals surface area contributed by atoms with E-state index in [2.05, 4.69) is 60.1 Å². The highest BCUT2D eigenvalue weighted by Gasteiger charge is 2.31. The lowest BCUT2D eigenvalue weighted by Crippen LogP contribution is -2.47. The molecule has 1 fully saturated rings. The Kier molecular flexibility index (Phi) is 6.14. The first-order valence-electron chi connectivity index (χ1n) is 10.2. The number of pyridine rings is 1. The van der Waals surface area contributed by atoms with E-state index in [4.69, 9.17) is 0 Å². The molecule has 4 rings (SSSR count). The summed E-state index contributed by atoms with van der Waals surface area (Å²) < 4.78 is 38.3. The SMILES string of the molecule is Cc1ccc(Sc2ccccc2N2CCN(c3ccc(C(F)(F)F)cn3)CC2)c(C)c1. The molecule has 0 unspecified atom stereocenters. The fraction of sp³-hybridized carbons (Fsp3) is 0.292. The molecule has 0 atom stereocenters. The van der Waals surface area contributed by atoms with Crippen molar-refractivity contribution in [3.8, 4) is 0 Å². The minimum Gasteiger partial charge on any atom is -0.367 e. The first-order chi connectivity index (χ1) is 14.8. The number of hydrogen-bond donors (Lipinski definition) is 0. The topological polar surface area (TPSA) is 19.4 Å². The van der Waals surface area contributed by atoms with Crippen molar-refractivity contribution in [3.63, 3.8) is 0 Å². The van der Waals surface area contributed by atoms with E-state index < -0.39 is 11.7 Å². The van der Waals surface area contributed by atoms with Gasteiger partial charge in [0, 0.05) is 42.2 Å². The van der Waals surface area contributed by atoms with Gasteiger partial charge in [-0.25, -0.2) is 4.98 Å². The predicted molar refractivity (Wildman–Crippen MR) is 120 cm³/mol. The summed E-state index contributed by atoms with van der Waals surface area (Å²) in [6.45, 7) is 7.22. The van der Waals surface area contributed by atoms with Crippen LogP contribution < -0.4 is 9.80 Å². The van der Waals surface area contributed by atoms with Gasteiger partial charge in [-0.3, -0.25) is 0 Å². The molecule has 7 heteroatoms. The molecule has 162 valence electrons. The number of nitrogens with zero attached hydrogens (tertiary/aromatic N) is 3. The molecule has 0 saturated carbocycles. The van der Waals surface area contributed by atoms with Crippen LogP contribution in [-0.4, -0.2) is 31.2 Å². The zero-order chi connectivity index (χ0) is 22.0. The van der Waals surface area contributed by atoms with Crippen LogP contribution in [0.4, 0.5) is 24.7 Å². The molecule has 0 amide bonds. The average molecular weight is 444 g/mol. The molecule has 0 bridgehead atoms. The number of rotatable bonds is 4. The van der Waals surface area contributed by atoms with Gasteiger partial charge in [-0.15, -0.1) is 0 Å². The van der Waals surface area contributed by atoms with Crippen LogP contribution in [0.1, 0.15) is 16.7 Å². The van der Waals surface area contributed by atoms with Crippen molar-refractivity contribution in [2.75, 3.05) is 36.0 Å². The summed E-state index contributed by atoms with van der Waals surface area (Å²) in [5.74, 6) is 0.589. The number of hydrogen-bond acceptors (Lipinski definition) is 4. The summed E-state index contributed by atoms with van der Waals surface area (Å²) in [5.41, 5.74) is 2.99. The minimum atomic E-state index is -4.36. The van der Waals surface area contributed by atoms with Gasteiger partial charge in [0.15, 0.2) is 0 Å². The van der Waals surface area contributed by atoms with Gasteiger partial charge in [-0.05, 0) is 49.7 Å². The maximum atomic E-state index is 12.8. The first-order valence-corrected chi connectivity index (χ1v) is 11.0. The number of benzene rings is 2. The zero-order valence-electron chi connectivity index (χ0n) is 17.5. The molecule has 1 aliphatic rings. The molecule has 1 aliphatic heterocycles. The van der Waals surface area contributed by atoms with Crippen molar-refractivity contribution in [3.05, 3.63) is 77.5 Å². The number of halogens is 3. The van der Waals surface area contributed by atoms with E-state index >= 15 is 0 Å². The lowest BCUT2D eigenvalue weighted by Gasteiger charge is -2.37. The monoisotopic (exact) mass is 443 g/mol. The molecule has 1 saturated heterocycles.